The molecule has 3 rings (SSSR count). The van der Waals surface area contributed by atoms with Crippen LogP contribution in [-0.4, -0.2) is 20.6 Å². The molecule has 0 radical (unpaired) electrons. The van der Waals surface area contributed by atoms with E-state index in [1.807, 2.05) is 36.4 Å². The Morgan fingerprint density at radius 2 is 1.71 bits per heavy atom. The lowest BCUT2D eigenvalue weighted by atomic mass is 10.1. The quantitative estimate of drug-likeness (QED) is 0.784. The van der Waals surface area contributed by atoms with Crippen molar-refractivity contribution in [1.82, 2.24) is 9.55 Å². The fourth-order valence-corrected chi connectivity index (χ4v) is 2.46. The molecule has 0 amide bonds. The van der Waals surface area contributed by atoms with Crippen LogP contribution in [0.2, 0.25) is 0 Å². The number of hydrogen-bond donors (Lipinski definition) is 1. The van der Waals surface area contributed by atoms with Gasteiger partial charge in [-0.3, -0.25) is 4.79 Å². The molecule has 0 spiro atoms. The molecule has 120 valence electrons. The Labute approximate surface area is 138 Å². The SMILES string of the molecule is O=C(O)c1cccc(Cc2ccc(Cn3ccccc3=O)cc2)n1. The van der Waals surface area contributed by atoms with Crippen molar-refractivity contribution in [3.63, 3.8) is 0 Å². The Balaban J connectivity index is 1.73. The average molecular weight is 320 g/mol. The normalized spacial score (nSPS) is 10.5. The van der Waals surface area contributed by atoms with Crippen LogP contribution in [0.3, 0.4) is 0 Å². The minimum Gasteiger partial charge on any atom is -0.477 e. The number of aromatic nitrogens is 2. The Hall–Kier alpha value is -3.21. The molecule has 0 atom stereocenters. The maximum absolute atomic E-state index is 11.7. The molecule has 0 saturated carbocycles. The van der Waals surface area contributed by atoms with Crippen LogP contribution in [0.5, 0.6) is 0 Å². The molecule has 5 nitrogen and oxygen atoms in total. The summed E-state index contributed by atoms with van der Waals surface area (Å²) in [5, 5.41) is 8.98. The summed E-state index contributed by atoms with van der Waals surface area (Å²) in [6, 6.07) is 18.0. The van der Waals surface area contributed by atoms with Crippen LogP contribution in [0, 0.1) is 0 Å². The van der Waals surface area contributed by atoms with Crippen molar-refractivity contribution >= 4 is 5.97 Å². The second-order valence-corrected chi connectivity index (χ2v) is 5.48. The van der Waals surface area contributed by atoms with Crippen molar-refractivity contribution in [2.75, 3.05) is 0 Å². The summed E-state index contributed by atoms with van der Waals surface area (Å²) in [5.74, 6) is -1.03. The van der Waals surface area contributed by atoms with Gasteiger partial charge in [0.05, 0.1) is 6.54 Å². The number of carboxylic acids is 1. The molecule has 0 aliphatic heterocycles. The van der Waals surface area contributed by atoms with E-state index >= 15 is 0 Å². The Kier molecular flexibility index (Phi) is 4.52. The van der Waals surface area contributed by atoms with Crippen LogP contribution in [-0.2, 0) is 13.0 Å². The zero-order chi connectivity index (χ0) is 16.9. The van der Waals surface area contributed by atoms with Gasteiger partial charge in [-0.1, -0.05) is 36.4 Å². The minimum atomic E-state index is -1.03. The second-order valence-electron chi connectivity index (χ2n) is 5.48. The zero-order valence-electron chi connectivity index (χ0n) is 12.9. The second kappa shape index (κ2) is 6.91. The summed E-state index contributed by atoms with van der Waals surface area (Å²) in [6.07, 6.45) is 2.32. The van der Waals surface area contributed by atoms with Crippen molar-refractivity contribution < 1.29 is 9.90 Å². The molecule has 3 aromatic rings. The summed E-state index contributed by atoms with van der Waals surface area (Å²) >= 11 is 0. The van der Waals surface area contributed by atoms with E-state index in [4.69, 9.17) is 5.11 Å². The molecular formula is C19H16N2O3. The van der Waals surface area contributed by atoms with Gasteiger partial charge in [0.1, 0.15) is 5.69 Å². The molecule has 0 fully saturated rings. The lowest BCUT2D eigenvalue weighted by Crippen LogP contribution is -2.18. The maximum Gasteiger partial charge on any atom is 0.354 e. The van der Waals surface area contributed by atoms with Crippen LogP contribution in [0.4, 0.5) is 0 Å². The summed E-state index contributed by atoms with van der Waals surface area (Å²) in [5.41, 5.74) is 2.79. The summed E-state index contributed by atoms with van der Waals surface area (Å²) < 4.78 is 1.65. The van der Waals surface area contributed by atoms with Gasteiger partial charge in [0.25, 0.3) is 5.56 Å². The highest BCUT2D eigenvalue weighted by Crippen LogP contribution is 2.11. The Morgan fingerprint density at radius 3 is 2.42 bits per heavy atom. The van der Waals surface area contributed by atoms with Gasteiger partial charge in [-0.05, 0) is 29.3 Å². The molecule has 5 heteroatoms. The molecular weight excluding hydrogens is 304 g/mol. The lowest BCUT2D eigenvalue weighted by molar-refractivity contribution is 0.0690. The van der Waals surface area contributed by atoms with Crippen molar-refractivity contribution in [3.8, 4) is 0 Å². The number of benzene rings is 1. The van der Waals surface area contributed by atoms with E-state index in [9.17, 15) is 9.59 Å². The molecule has 0 bridgehead atoms. The fraction of sp³-hybridized carbons (Fsp3) is 0.105. The highest BCUT2D eigenvalue weighted by molar-refractivity contribution is 5.85. The van der Waals surface area contributed by atoms with Gasteiger partial charge in [0.15, 0.2) is 0 Å². The lowest BCUT2D eigenvalue weighted by Gasteiger charge is -2.07. The fourth-order valence-electron chi connectivity index (χ4n) is 2.46. The number of carbonyl (C=O) groups is 1. The van der Waals surface area contributed by atoms with E-state index < -0.39 is 5.97 Å². The number of aromatic carboxylic acids is 1. The van der Waals surface area contributed by atoms with Gasteiger partial charge in [0.2, 0.25) is 0 Å². The number of rotatable bonds is 5. The van der Waals surface area contributed by atoms with E-state index in [-0.39, 0.29) is 11.3 Å². The van der Waals surface area contributed by atoms with Crippen molar-refractivity contribution in [1.29, 1.82) is 0 Å². The number of pyridine rings is 2. The highest BCUT2D eigenvalue weighted by Gasteiger charge is 2.06. The first kappa shape index (κ1) is 15.7. The standard InChI is InChI=1S/C19H16N2O3/c22-18-6-1-2-11-21(18)13-15-9-7-14(8-10-15)12-16-4-3-5-17(20-16)19(23)24/h1-11H,12-13H2,(H,23,24). The van der Waals surface area contributed by atoms with Gasteiger partial charge >= 0.3 is 5.97 Å². The molecule has 0 saturated heterocycles. The first-order chi connectivity index (χ1) is 11.6. The number of hydrogen-bond acceptors (Lipinski definition) is 3. The maximum atomic E-state index is 11.7. The molecule has 24 heavy (non-hydrogen) atoms. The molecule has 0 aliphatic carbocycles. The van der Waals surface area contributed by atoms with Gasteiger partial charge in [-0.25, -0.2) is 9.78 Å². The van der Waals surface area contributed by atoms with Gasteiger partial charge in [-0.2, -0.15) is 0 Å². The predicted octanol–water partition coefficient (Wildman–Crippen LogP) is 2.58. The predicted molar refractivity (Wildman–Crippen MR) is 90.2 cm³/mol. The topological polar surface area (TPSA) is 72.2 Å². The number of nitrogens with zero attached hydrogens (tertiary/aromatic N) is 2. The molecule has 2 heterocycles. The van der Waals surface area contributed by atoms with Crippen LogP contribution in [0.25, 0.3) is 0 Å². The van der Waals surface area contributed by atoms with E-state index in [1.54, 1.807) is 22.9 Å². The highest BCUT2D eigenvalue weighted by atomic mass is 16.4. The van der Waals surface area contributed by atoms with Gasteiger partial charge < -0.3 is 9.67 Å². The first-order valence-corrected chi connectivity index (χ1v) is 7.54. The Morgan fingerprint density at radius 1 is 0.958 bits per heavy atom. The number of carboxylic acid groups (broad SMARTS) is 1. The third kappa shape index (κ3) is 3.76. The monoisotopic (exact) mass is 320 g/mol. The minimum absolute atomic E-state index is 0.0312. The first-order valence-electron chi connectivity index (χ1n) is 7.54. The van der Waals surface area contributed by atoms with Crippen molar-refractivity contribution in [2.45, 2.75) is 13.0 Å². The third-order valence-electron chi connectivity index (χ3n) is 3.69. The largest absolute Gasteiger partial charge is 0.477 e. The third-order valence-corrected chi connectivity index (χ3v) is 3.69. The molecule has 1 aromatic carbocycles. The molecule has 0 aliphatic rings. The van der Waals surface area contributed by atoms with E-state index in [2.05, 4.69) is 4.98 Å². The molecule has 2 aromatic heterocycles. The average Bonchev–Trinajstić information content (AvgIpc) is 2.59. The van der Waals surface area contributed by atoms with Gasteiger partial charge in [0, 0.05) is 24.4 Å². The zero-order valence-corrected chi connectivity index (χ0v) is 12.9. The van der Waals surface area contributed by atoms with Crippen LogP contribution in [0.1, 0.15) is 27.3 Å². The molecule has 0 unspecified atom stereocenters. The van der Waals surface area contributed by atoms with E-state index in [0.717, 1.165) is 11.1 Å². The van der Waals surface area contributed by atoms with E-state index in [0.29, 0.717) is 18.7 Å². The smallest absolute Gasteiger partial charge is 0.354 e. The van der Waals surface area contributed by atoms with Crippen LogP contribution in [0.15, 0.2) is 71.7 Å². The summed E-state index contributed by atoms with van der Waals surface area (Å²) in [7, 11) is 0. The van der Waals surface area contributed by atoms with Crippen LogP contribution < -0.4 is 5.56 Å². The van der Waals surface area contributed by atoms with Crippen molar-refractivity contribution in [2.24, 2.45) is 0 Å². The summed E-state index contributed by atoms with van der Waals surface area (Å²) in [6.45, 7) is 0.521. The summed E-state index contributed by atoms with van der Waals surface area (Å²) in [4.78, 5) is 26.8. The Bertz CT molecular complexity index is 914. The van der Waals surface area contributed by atoms with Gasteiger partial charge in [-0.15, -0.1) is 0 Å². The molecule has 1 N–H and O–H groups in total. The van der Waals surface area contributed by atoms with E-state index in [1.165, 1.54) is 12.1 Å². The van der Waals surface area contributed by atoms with Crippen LogP contribution >= 0.6 is 0 Å². The van der Waals surface area contributed by atoms with Crippen molar-refractivity contribution in [3.05, 3.63) is 99.7 Å².